The van der Waals surface area contributed by atoms with Gasteiger partial charge in [0.25, 0.3) is 0 Å². The molecule has 1 fully saturated rings. The number of pyridine rings is 1. The monoisotopic (exact) mass is 223 g/mol. The van der Waals surface area contributed by atoms with E-state index in [1.54, 1.807) is 6.20 Å². The summed E-state index contributed by atoms with van der Waals surface area (Å²) >= 11 is 0. The summed E-state index contributed by atoms with van der Waals surface area (Å²) in [5.74, 6) is 0.755. The molecule has 0 aromatic carbocycles. The van der Waals surface area contributed by atoms with E-state index in [0.29, 0.717) is 13.1 Å². The van der Waals surface area contributed by atoms with Crippen molar-refractivity contribution in [1.82, 2.24) is 4.98 Å². The van der Waals surface area contributed by atoms with Crippen molar-refractivity contribution in [2.24, 2.45) is 5.73 Å². The number of nitrogens with zero attached hydrogens (tertiary/aromatic N) is 2. The fraction of sp³-hybridized carbons (Fsp3) is 0.545. The molecule has 1 saturated heterocycles. The predicted octanol–water partition coefficient (Wildman–Crippen LogP) is -0.357. The van der Waals surface area contributed by atoms with Crippen LogP contribution in [0.3, 0.4) is 0 Å². The first kappa shape index (κ1) is 11.3. The average Bonchev–Trinajstić information content (AvgIpc) is 2.59. The van der Waals surface area contributed by atoms with Gasteiger partial charge in [-0.25, -0.2) is 4.98 Å². The lowest BCUT2D eigenvalue weighted by Gasteiger charge is -2.17. The Morgan fingerprint density at radius 3 is 2.62 bits per heavy atom. The molecule has 0 radical (unpaired) electrons. The highest BCUT2D eigenvalue weighted by atomic mass is 16.3. The van der Waals surface area contributed by atoms with E-state index >= 15 is 0 Å². The number of aliphatic hydroxyl groups is 2. The van der Waals surface area contributed by atoms with E-state index in [-0.39, 0.29) is 6.04 Å². The molecule has 5 nitrogen and oxygen atoms in total. The van der Waals surface area contributed by atoms with Crippen molar-refractivity contribution in [1.29, 1.82) is 0 Å². The highest BCUT2D eigenvalue weighted by Gasteiger charge is 2.30. The summed E-state index contributed by atoms with van der Waals surface area (Å²) in [4.78, 5) is 6.08. The first-order valence-electron chi connectivity index (χ1n) is 5.40. The van der Waals surface area contributed by atoms with Crippen LogP contribution >= 0.6 is 0 Å². The molecule has 4 N–H and O–H groups in total. The molecule has 2 rings (SSSR count). The van der Waals surface area contributed by atoms with Gasteiger partial charge in [0.15, 0.2) is 0 Å². The molecule has 1 aromatic heterocycles. The van der Waals surface area contributed by atoms with Crippen LogP contribution in [0.15, 0.2) is 18.3 Å². The van der Waals surface area contributed by atoms with Crippen molar-refractivity contribution >= 4 is 5.82 Å². The van der Waals surface area contributed by atoms with Crippen LogP contribution in [0.2, 0.25) is 0 Å². The third-order valence-electron chi connectivity index (χ3n) is 2.88. The van der Waals surface area contributed by atoms with Crippen LogP contribution in [0, 0.1) is 0 Å². The van der Waals surface area contributed by atoms with Crippen LogP contribution < -0.4 is 10.6 Å². The Morgan fingerprint density at radius 2 is 2.06 bits per heavy atom. The van der Waals surface area contributed by atoms with Gasteiger partial charge in [0.2, 0.25) is 0 Å². The second-order valence-electron chi connectivity index (χ2n) is 4.28. The van der Waals surface area contributed by atoms with Crippen molar-refractivity contribution in [2.45, 2.75) is 25.2 Å². The lowest BCUT2D eigenvalue weighted by molar-refractivity contribution is 0.0572. The molecule has 3 atom stereocenters. The van der Waals surface area contributed by atoms with Crippen LogP contribution in [-0.2, 0) is 0 Å². The summed E-state index contributed by atoms with van der Waals surface area (Å²) in [6, 6.07) is 3.73. The third-order valence-corrected chi connectivity index (χ3v) is 2.88. The molecular weight excluding hydrogens is 206 g/mol. The molecule has 2 heterocycles. The second kappa shape index (κ2) is 4.37. The maximum absolute atomic E-state index is 9.46. The van der Waals surface area contributed by atoms with Crippen molar-refractivity contribution < 1.29 is 10.2 Å². The molecule has 0 spiro atoms. The van der Waals surface area contributed by atoms with Gasteiger partial charge in [0.05, 0.1) is 12.2 Å². The zero-order chi connectivity index (χ0) is 11.7. The lowest BCUT2D eigenvalue weighted by atomic mass is 10.1. The minimum absolute atomic E-state index is 0.0424. The van der Waals surface area contributed by atoms with Crippen molar-refractivity contribution in [3.05, 3.63) is 23.9 Å². The number of hydrogen-bond donors (Lipinski definition) is 3. The van der Waals surface area contributed by atoms with Gasteiger partial charge < -0.3 is 20.8 Å². The van der Waals surface area contributed by atoms with E-state index in [1.165, 1.54) is 0 Å². The number of hydrogen-bond acceptors (Lipinski definition) is 5. The zero-order valence-electron chi connectivity index (χ0n) is 9.24. The highest BCUT2D eigenvalue weighted by Crippen LogP contribution is 2.21. The maximum atomic E-state index is 9.46. The second-order valence-corrected chi connectivity index (χ2v) is 4.28. The molecule has 2 unspecified atom stereocenters. The van der Waals surface area contributed by atoms with Gasteiger partial charge in [0.1, 0.15) is 5.82 Å². The summed E-state index contributed by atoms with van der Waals surface area (Å²) in [6.45, 7) is 2.74. The SMILES string of the molecule is C[C@@H](N)c1ccnc(N2CC(O)C(O)C2)c1. The Bertz CT molecular complexity index is 360. The highest BCUT2D eigenvalue weighted by molar-refractivity contribution is 5.43. The lowest BCUT2D eigenvalue weighted by Crippen LogP contribution is -2.22. The van der Waals surface area contributed by atoms with Crippen LogP contribution in [0.5, 0.6) is 0 Å². The molecule has 16 heavy (non-hydrogen) atoms. The van der Waals surface area contributed by atoms with E-state index in [4.69, 9.17) is 5.73 Å². The van der Waals surface area contributed by atoms with Gasteiger partial charge in [-0.1, -0.05) is 0 Å². The van der Waals surface area contributed by atoms with E-state index < -0.39 is 12.2 Å². The number of aromatic nitrogens is 1. The number of nitrogens with two attached hydrogens (primary N) is 1. The minimum atomic E-state index is -0.694. The van der Waals surface area contributed by atoms with Crippen molar-refractivity contribution in [3.63, 3.8) is 0 Å². The van der Waals surface area contributed by atoms with Gasteiger partial charge in [-0.15, -0.1) is 0 Å². The van der Waals surface area contributed by atoms with E-state index in [9.17, 15) is 10.2 Å². The Kier molecular flexibility index (Phi) is 3.09. The molecule has 0 amide bonds. The minimum Gasteiger partial charge on any atom is -0.389 e. The normalized spacial score (nSPS) is 27.1. The van der Waals surface area contributed by atoms with Gasteiger partial charge in [-0.05, 0) is 24.6 Å². The van der Waals surface area contributed by atoms with Crippen LogP contribution in [0.25, 0.3) is 0 Å². The molecule has 88 valence electrons. The first-order chi connectivity index (χ1) is 7.58. The third kappa shape index (κ3) is 2.16. The Morgan fingerprint density at radius 1 is 1.44 bits per heavy atom. The van der Waals surface area contributed by atoms with Crippen LogP contribution in [0.4, 0.5) is 5.82 Å². The van der Waals surface area contributed by atoms with Crippen molar-refractivity contribution in [3.8, 4) is 0 Å². The average molecular weight is 223 g/mol. The maximum Gasteiger partial charge on any atom is 0.128 e. The summed E-state index contributed by atoms with van der Waals surface area (Å²) in [5, 5.41) is 18.9. The Balaban J connectivity index is 2.18. The molecule has 1 aliphatic rings. The summed E-state index contributed by atoms with van der Waals surface area (Å²) in [6.07, 6.45) is 0.312. The molecule has 0 bridgehead atoms. The van der Waals surface area contributed by atoms with Crippen molar-refractivity contribution in [2.75, 3.05) is 18.0 Å². The summed E-state index contributed by atoms with van der Waals surface area (Å²) in [7, 11) is 0. The quantitative estimate of drug-likeness (QED) is 0.638. The fourth-order valence-corrected chi connectivity index (χ4v) is 1.85. The number of rotatable bonds is 2. The first-order valence-corrected chi connectivity index (χ1v) is 5.40. The standard InChI is InChI=1S/C11H17N3O2/c1-7(12)8-2-3-13-11(4-8)14-5-9(15)10(16)6-14/h2-4,7,9-10,15-16H,5-6,12H2,1H3/t7-,9?,10?/m1/s1. The Hall–Kier alpha value is -1.17. The molecule has 1 aromatic rings. The summed E-state index contributed by atoms with van der Waals surface area (Å²) < 4.78 is 0. The number of aliphatic hydroxyl groups excluding tert-OH is 2. The molecule has 1 aliphatic heterocycles. The van der Waals surface area contributed by atoms with Gasteiger partial charge in [-0.3, -0.25) is 0 Å². The molecule has 0 saturated carbocycles. The molecular formula is C11H17N3O2. The van der Waals surface area contributed by atoms with Crippen LogP contribution in [-0.4, -0.2) is 40.5 Å². The van der Waals surface area contributed by atoms with E-state index in [2.05, 4.69) is 4.98 Å². The zero-order valence-corrected chi connectivity index (χ0v) is 9.24. The van der Waals surface area contributed by atoms with Gasteiger partial charge in [-0.2, -0.15) is 0 Å². The Labute approximate surface area is 94.5 Å². The largest absolute Gasteiger partial charge is 0.389 e. The molecule has 5 heteroatoms. The van der Waals surface area contributed by atoms with Crippen LogP contribution in [0.1, 0.15) is 18.5 Å². The summed E-state index contributed by atoms with van der Waals surface area (Å²) in [5.41, 5.74) is 6.79. The van der Waals surface area contributed by atoms with E-state index in [0.717, 1.165) is 11.4 Å². The number of β-amino-alcohol motifs (C(OH)–C–C–N with tert-alkyl or cyclic N) is 2. The topological polar surface area (TPSA) is 82.6 Å². The van der Waals surface area contributed by atoms with E-state index in [1.807, 2.05) is 24.0 Å². The fourth-order valence-electron chi connectivity index (χ4n) is 1.85. The predicted molar refractivity (Wildman–Crippen MR) is 61.1 cm³/mol. The number of anilines is 1. The van der Waals surface area contributed by atoms with Gasteiger partial charge >= 0.3 is 0 Å². The smallest absolute Gasteiger partial charge is 0.128 e. The van der Waals surface area contributed by atoms with Gasteiger partial charge in [0, 0.05) is 25.3 Å². The molecule has 0 aliphatic carbocycles.